The summed E-state index contributed by atoms with van der Waals surface area (Å²) in [6.45, 7) is 4.18. The third-order valence-corrected chi connectivity index (χ3v) is 7.74. The van der Waals surface area contributed by atoms with Crippen LogP contribution in [0.4, 0.5) is 0 Å². The molecule has 5 N–H and O–H groups in total. The Morgan fingerprint density at radius 1 is 0.689 bits per heavy atom. The van der Waals surface area contributed by atoms with Gasteiger partial charge < -0.3 is 32.0 Å². The predicted octanol–water partition coefficient (Wildman–Crippen LogP) is 3.30. The molecule has 4 rings (SSSR count). The van der Waals surface area contributed by atoms with Crippen molar-refractivity contribution in [3.05, 3.63) is 148 Å². The number of unbranched alkanes of at least 4 members (excludes halogenated alkanes) is 4. The molecule has 322 valence electrons. The number of carbonyl (C=O) groups excluding carboxylic acids is 1. The van der Waals surface area contributed by atoms with Crippen molar-refractivity contribution in [3.8, 4) is 5.75 Å². The molecule has 0 saturated carbocycles. The number of benzene rings is 4. The maximum atomic E-state index is 10.6. The van der Waals surface area contributed by atoms with Gasteiger partial charge in [0, 0.05) is 33.5 Å². The number of hydrogen-bond acceptors (Lipinski definition) is 10. The summed E-state index contributed by atoms with van der Waals surface area (Å²) in [6.07, 6.45) is 13.9. The number of phenolic OH excluding ortho intramolecular Hbond substituents is 1. The maximum Gasteiger partial charge on any atom is 1.00 e. The van der Waals surface area contributed by atoms with E-state index in [1.807, 2.05) is 36.4 Å². The summed E-state index contributed by atoms with van der Waals surface area (Å²) in [7, 11) is 7.36. The van der Waals surface area contributed by atoms with Gasteiger partial charge in [-0.1, -0.05) is 112 Å². The standard InChI is InChI=1S/C21H24O4.C12H16O2.C9H8O3.CH2O3.Cl2OS.2K.H/c1-2-3-4-5-16-6-11-18(12-7-16)21(25-24)19-13-8-17(9-14-19)10-15-20(22)23;1-2-3-4-5-10-6-8-11(9-7-10)12(13)14;10-8-4-1-7(2-5-8)3-6-9(11)12;2-1-4-3;1-4(2)3;;;/h6-15,21,24H,2-5H2,1H3,(H,22,23);6-9H,2-5H2,1H3,(H,13,14);1-6,10H,(H,11,12);1,3H;;;;/q;;;;;2*+1;-1/p-1. The molecule has 4 aromatic carbocycles. The van der Waals surface area contributed by atoms with E-state index in [1.54, 1.807) is 36.4 Å². The van der Waals surface area contributed by atoms with E-state index in [2.05, 4.69) is 57.1 Å². The van der Waals surface area contributed by atoms with E-state index in [0.717, 1.165) is 47.2 Å². The first-order valence-corrected chi connectivity index (χ1v) is 20.9. The molecule has 0 aliphatic heterocycles. The Balaban J connectivity index is -0.000000388. The van der Waals surface area contributed by atoms with Crippen molar-refractivity contribution in [1.29, 1.82) is 0 Å². The van der Waals surface area contributed by atoms with Crippen LogP contribution in [0, 0.1) is 0 Å². The molecule has 0 aromatic heterocycles. The van der Waals surface area contributed by atoms with Gasteiger partial charge in [0.25, 0.3) is 6.47 Å². The van der Waals surface area contributed by atoms with E-state index in [4.69, 9.17) is 34.7 Å². The Hall–Kier alpha value is -2.08. The Morgan fingerprint density at radius 3 is 1.34 bits per heavy atom. The normalized spacial score (nSPS) is 10.3. The molecule has 4 aromatic rings. The van der Waals surface area contributed by atoms with Crippen molar-refractivity contribution in [3.63, 3.8) is 0 Å². The molecular formula is C43H50Cl2K2O13S. The molecule has 0 radical (unpaired) electrons. The van der Waals surface area contributed by atoms with Crippen LogP contribution < -0.4 is 108 Å². The summed E-state index contributed by atoms with van der Waals surface area (Å²) in [5, 5.41) is 52.3. The molecule has 0 aliphatic carbocycles. The molecule has 0 aliphatic rings. The van der Waals surface area contributed by atoms with E-state index >= 15 is 0 Å². The van der Waals surface area contributed by atoms with Crippen LogP contribution >= 0.6 is 21.4 Å². The number of carboxylic acid groups (broad SMARTS) is 3. The van der Waals surface area contributed by atoms with E-state index in [-0.39, 0.29) is 116 Å². The van der Waals surface area contributed by atoms with Gasteiger partial charge in [-0.25, -0.2) is 23.5 Å². The SMILES string of the molecule is CCCCCc1ccc(C(=O)O)cc1.CCCCCc1ccc(C(OO)c2ccc(C=CC(=O)O)cc2)cc1.O=C(O)C=Cc1ccc(O)cc1.O=CO[O-].O=S(Cl)Cl.[H-].[K+].[K+]. The first-order valence-electron chi connectivity index (χ1n) is 18.1. The van der Waals surface area contributed by atoms with Crippen LogP contribution in [0.5, 0.6) is 5.75 Å². The van der Waals surface area contributed by atoms with Crippen LogP contribution in [0.2, 0.25) is 0 Å². The van der Waals surface area contributed by atoms with Gasteiger partial charge in [0.2, 0.25) is 9.23 Å². The van der Waals surface area contributed by atoms with Gasteiger partial charge in [-0.15, -0.1) is 0 Å². The molecule has 18 heteroatoms. The molecule has 0 amide bonds. The molecule has 61 heavy (non-hydrogen) atoms. The quantitative estimate of drug-likeness (QED) is 0.0195. The molecule has 0 spiro atoms. The van der Waals surface area contributed by atoms with Crippen molar-refractivity contribution in [2.45, 2.75) is 71.3 Å². The number of carbonyl (C=O) groups is 4. The molecule has 0 saturated heterocycles. The summed E-state index contributed by atoms with van der Waals surface area (Å²) in [6, 6.07) is 28.7. The molecule has 0 fully saturated rings. The molecule has 1 atom stereocenters. The van der Waals surface area contributed by atoms with Crippen molar-refractivity contribution in [2.24, 2.45) is 0 Å². The number of aliphatic carboxylic acids is 2. The van der Waals surface area contributed by atoms with Crippen molar-refractivity contribution >= 4 is 67.1 Å². The second kappa shape index (κ2) is 40.7. The van der Waals surface area contributed by atoms with Crippen molar-refractivity contribution in [2.75, 3.05) is 0 Å². The monoisotopic (exact) mass is 954 g/mol. The Labute approximate surface area is 454 Å². The second-order valence-corrected chi connectivity index (χ2v) is 14.6. The molecule has 1 unspecified atom stereocenters. The van der Waals surface area contributed by atoms with Gasteiger partial charge in [-0.3, -0.25) is 10.1 Å². The topological polar surface area (TPSA) is 228 Å². The Bertz CT molecular complexity index is 1870. The molecule has 0 bridgehead atoms. The van der Waals surface area contributed by atoms with Crippen molar-refractivity contribution < 1.29 is 168 Å². The average molecular weight is 956 g/mol. The van der Waals surface area contributed by atoms with E-state index < -0.39 is 33.2 Å². The zero-order valence-electron chi connectivity index (χ0n) is 35.5. The van der Waals surface area contributed by atoms with Crippen LogP contribution in [0.15, 0.2) is 109 Å². The van der Waals surface area contributed by atoms with Gasteiger partial charge >= 0.3 is 121 Å². The second-order valence-electron chi connectivity index (χ2n) is 12.1. The summed E-state index contributed by atoms with van der Waals surface area (Å²) >= 11 is 0. The van der Waals surface area contributed by atoms with Gasteiger partial charge in [-0.2, -0.15) is 0 Å². The van der Waals surface area contributed by atoms with Crippen molar-refractivity contribution in [1.82, 2.24) is 0 Å². The Morgan fingerprint density at radius 2 is 1.03 bits per heavy atom. The molecule has 13 nitrogen and oxygen atoms in total. The van der Waals surface area contributed by atoms with Gasteiger partial charge in [0.05, 0.1) is 5.56 Å². The van der Waals surface area contributed by atoms with Crippen LogP contribution in [-0.4, -0.2) is 54.3 Å². The minimum Gasteiger partial charge on any atom is -1.00 e. The van der Waals surface area contributed by atoms with Gasteiger partial charge in [0.15, 0.2) is 0 Å². The molecule has 0 heterocycles. The fourth-order valence-electron chi connectivity index (χ4n) is 4.85. The number of hydrogen-bond donors (Lipinski definition) is 5. The summed E-state index contributed by atoms with van der Waals surface area (Å²) in [5.74, 6) is -2.66. The van der Waals surface area contributed by atoms with Crippen LogP contribution in [0.1, 0.15) is 104 Å². The minimum atomic E-state index is -1.67. The summed E-state index contributed by atoms with van der Waals surface area (Å²) in [5.41, 5.74) is 6.06. The zero-order chi connectivity index (χ0) is 44.4. The predicted molar refractivity (Wildman–Crippen MR) is 228 cm³/mol. The smallest absolute Gasteiger partial charge is 1.00 e. The fraction of sp³-hybridized carbons (Fsp3) is 0.256. The van der Waals surface area contributed by atoms with E-state index in [1.165, 1.54) is 73.9 Å². The number of carboxylic acids is 3. The third-order valence-electron chi connectivity index (χ3n) is 7.74. The number of aryl methyl sites for hydroxylation is 2. The van der Waals surface area contributed by atoms with Crippen LogP contribution in [-0.2, 0) is 46.2 Å². The van der Waals surface area contributed by atoms with E-state index in [0.29, 0.717) is 5.56 Å². The first-order chi connectivity index (χ1) is 28.2. The number of aromatic carboxylic acids is 1. The number of halogens is 2. The first kappa shape index (κ1) is 63.2. The minimum absolute atomic E-state index is 0. The Kier molecular flexibility index (Phi) is 42.2. The number of rotatable bonds is 17. The summed E-state index contributed by atoms with van der Waals surface area (Å²) < 4.78 is 9.09. The van der Waals surface area contributed by atoms with Crippen LogP contribution in [0.3, 0.4) is 0 Å². The van der Waals surface area contributed by atoms with Crippen LogP contribution in [0.25, 0.3) is 12.2 Å². The zero-order valence-corrected chi connectivity index (χ0v) is 43.1. The average Bonchev–Trinajstić information content (AvgIpc) is 3.22. The maximum absolute atomic E-state index is 10.6. The molecular weight excluding hydrogens is 906 g/mol. The van der Waals surface area contributed by atoms with Gasteiger partial charge in [-0.05, 0) is 95.5 Å². The number of phenols is 1. The largest absolute Gasteiger partial charge is 1.00 e. The third kappa shape index (κ3) is 34.1. The number of aromatic hydroxyl groups is 1. The fourth-order valence-corrected chi connectivity index (χ4v) is 4.85. The summed E-state index contributed by atoms with van der Waals surface area (Å²) in [4.78, 5) is 47.2. The van der Waals surface area contributed by atoms with E-state index in [9.17, 15) is 19.6 Å². The van der Waals surface area contributed by atoms with Gasteiger partial charge in [0.1, 0.15) is 11.9 Å².